The van der Waals surface area contributed by atoms with Crippen molar-refractivity contribution >= 4 is 16.1 Å². The van der Waals surface area contributed by atoms with Gasteiger partial charge in [-0.1, -0.05) is 0 Å². The summed E-state index contributed by atoms with van der Waals surface area (Å²) in [5, 5.41) is 7.32. The summed E-state index contributed by atoms with van der Waals surface area (Å²) in [5.41, 5.74) is 0. The molecule has 1 saturated heterocycles. The van der Waals surface area contributed by atoms with Gasteiger partial charge in [-0.3, -0.25) is 4.79 Å². The van der Waals surface area contributed by atoms with Gasteiger partial charge in [0.05, 0.1) is 0 Å². The Morgan fingerprint density at radius 1 is 1.47 bits per heavy atom. The minimum absolute atomic E-state index is 0.0346. The second-order valence-corrected chi connectivity index (χ2v) is 5.19. The van der Waals surface area contributed by atoms with Crippen LogP contribution in [0.3, 0.4) is 0 Å². The Kier molecular flexibility index (Phi) is 4.04. The van der Waals surface area contributed by atoms with Gasteiger partial charge >= 0.3 is 10.2 Å². The van der Waals surface area contributed by atoms with Crippen LogP contribution in [0.5, 0.6) is 0 Å². The molecule has 0 spiro atoms. The van der Waals surface area contributed by atoms with Gasteiger partial charge < -0.3 is 10.0 Å². The van der Waals surface area contributed by atoms with E-state index in [1.165, 1.54) is 4.90 Å². The third kappa shape index (κ3) is 3.42. The summed E-state index contributed by atoms with van der Waals surface area (Å²) in [6.07, 6.45) is 0.885. The Labute approximate surface area is 88.1 Å². The number of hydrogen-bond acceptors (Lipinski definition) is 4. The largest absolute Gasteiger partial charge is 0.396 e. The van der Waals surface area contributed by atoms with Gasteiger partial charge in [0.2, 0.25) is 5.91 Å². The van der Waals surface area contributed by atoms with Crippen molar-refractivity contribution in [1.82, 2.24) is 4.90 Å². The first-order valence-corrected chi connectivity index (χ1v) is 6.22. The molecule has 0 aromatic heterocycles. The zero-order valence-corrected chi connectivity index (χ0v) is 9.04. The maximum Gasteiger partial charge on any atom is 0.307 e. The molecular formula is C8H14FNO4S. The van der Waals surface area contributed by atoms with Crippen LogP contribution in [0, 0.1) is 0 Å². The molecular weight excluding hydrogens is 225 g/mol. The molecule has 1 amide bonds. The van der Waals surface area contributed by atoms with Crippen LogP contribution in [-0.4, -0.2) is 49.3 Å². The molecule has 5 nitrogen and oxygen atoms in total. The molecule has 1 aliphatic rings. The molecule has 7 heteroatoms. The highest BCUT2D eigenvalue weighted by Crippen LogP contribution is 2.19. The Morgan fingerprint density at radius 3 is 2.60 bits per heavy atom. The van der Waals surface area contributed by atoms with Crippen LogP contribution in [-0.2, 0) is 15.0 Å². The van der Waals surface area contributed by atoms with Gasteiger partial charge in [0, 0.05) is 26.1 Å². The van der Waals surface area contributed by atoms with Gasteiger partial charge in [-0.25, -0.2) is 0 Å². The lowest BCUT2D eigenvalue weighted by Crippen LogP contribution is -2.28. The average molecular weight is 239 g/mol. The van der Waals surface area contributed by atoms with Crippen LogP contribution >= 0.6 is 0 Å². The smallest absolute Gasteiger partial charge is 0.307 e. The van der Waals surface area contributed by atoms with Gasteiger partial charge in [-0.15, -0.1) is 3.89 Å². The highest BCUT2D eigenvalue weighted by atomic mass is 32.3. The van der Waals surface area contributed by atoms with Crippen LogP contribution in [0.25, 0.3) is 0 Å². The Morgan fingerprint density at radius 2 is 2.13 bits per heavy atom. The number of amides is 1. The third-order valence-electron chi connectivity index (χ3n) is 2.41. The normalized spacial score (nSPS) is 22.4. The molecule has 0 radical (unpaired) electrons. The van der Waals surface area contributed by atoms with E-state index in [2.05, 4.69) is 0 Å². The van der Waals surface area contributed by atoms with E-state index in [0.717, 1.165) is 0 Å². The van der Waals surface area contributed by atoms with Crippen LogP contribution in [0.2, 0.25) is 0 Å². The van der Waals surface area contributed by atoms with E-state index in [4.69, 9.17) is 5.11 Å². The van der Waals surface area contributed by atoms with Gasteiger partial charge in [0.25, 0.3) is 0 Å². The lowest BCUT2D eigenvalue weighted by atomic mass is 10.3. The molecule has 0 aliphatic carbocycles. The predicted octanol–water partition coefficient (Wildman–Crippen LogP) is -0.341. The first kappa shape index (κ1) is 12.4. The van der Waals surface area contributed by atoms with Gasteiger partial charge in [-0.05, 0) is 12.8 Å². The highest BCUT2D eigenvalue weighted by Gasteiger charge is 2.37. The number of aliphatic hydroxyl groups excluding tert-OH is 1. The molecule has 1 heterocycles. The zero-order chi connectivity index (χ0) is 11.5. The molecule has 1 atom stereocenters. The first-order valence-electron chi connectivity index (χ1n) is 4.77. The number of rotatable bonds is 5. The van der Waals surface area contributed by atoms with Crippen molar-refractivity contribution in [3.63, 3.8) is 0 Å². The Balaban J connectivity index is 2.46. The SMILES string of the molecule is O=C1CC(S(=O)(=O)F)CN1CCCCO. The van der Waals surface area contributed by atoms with Gasteiger partial charge in [0.15, 0.2) is 0 Å². The number of nitrogens with zero attached hydrogens (tertiary/aromatic N) is 1. The topological polar surface area (TPSA) is 74.7 Å². The summed E-state index contributed by atoms with van der Waals surface area (Å²) >= 11 is 0. The molecule has 1 N–H and O–H groups in total. The Bertz CT molecular complexity index is 330. The quantitative estimate of drug-likeness (QED) is 0.526. The van der Waals surface area contributed by atoms with Crippen molar-refractivity contribution in [2.24, 2.45) is 0 Å². The molecule has 0 aromatic rings. The summed E-state index contributed by atoms with van der Waals surface area (Å²) < 4.78 is 33.7. The van der Waals surface area contributed by atoms with E-state index in [-0.39, 0.29) is 25.5 Å². The molecule has 0 aromatic carbocycles. The van der Waals surface area contributed by atoms with Crippen LogP contribution < -0.4 is 0 Å². The standard InChI is InChI=1S/C8H14FNO4S/c9-15(13,14)7-5-8(12)10(6-7)3-1-2-4-11/h7,11H,1-6H2. The van der Waals surface area contributed by atoms with Crippen molar-refractivity contribution in [1.29, 1.82) is 0 Å². The maximum absolute atomic E-state index is 12.6. The van der Waals surface area contributed by atoms with E-state index in [1.54, 1.807) is 0 Å². The zero-order valence-electron chi connectivity index (χ0n) is 8.23. The maximum atomic E-state index is 12.6. The predicted molar refractivity (Wildman–Crippen MR) is 51.3 cm³/mol. The molecule has 15 heavy (non-hydrogen) atoms. The third-order valence-corrected chi connectivity index (χ3v) is 3.53. The van der Waals surface area contributed by atoms with Gasteiger partial charge in [0.1, 0.15) is 5.25 Å². The highest BCUT2D eigenvalue weighted by molar-refractivity contribution is 7.87. The molecule has 1 aliphatic heterocycles. The fourth-order valence-electron chi connectivity index (χ4n) is 1.56. The molecule has 1 fully saturated rings. The van der Waals surface area contributed by atoms with Crippen LogP contribution in [0.15, 0.2) is 0 Å². The Hall–Kier alpha value is -0.690. The number of carbonyl (C=O) groups is 1. The summed E-state index contributed by atoms with van der Waals surface area (Å²) in [7, 11) is -4.61. The number of aliphatic hydroxyl groups is 1. The average Bonchev–Trinajstić information content (AvgIpc) is 2.48. The second kappa shape index (κ2) is 4.89. The summed E-state index contributed by atoms with van der Waals surface area (Å²) in [6.45, 7) is 0.349. The monoisotopic (exact) mass is 239 g/mol. The minimum Gasteiger partial charge on any atom is -0.396 e. The number of carbonyl (C=O) groups excluding carboxylic acids is 1. The van der Waals surface area contributed by atoms with E-state index in [1.807, 2.05) is 0 Å². The molecule has 88 valence electrons. The number of likely N-dealkylation sites (tertiary alicyclic amines) is 1. The minimum atomic E-state index is -4.61. The summed E-state index contributed by atoms with van der Waals surface area (Å²) in [4.78, 5) is 12.6. The summed E-state index contributed by atoms with van der Waals surface area (Å²) in [6, 6.07) is 0. The van der Waals surface area contributed by atoms with Crippen molar-refractivity contribution in [3.8, 4) is 0 Å². The number of halogens is 1. The van der Waals surface area contributed by atoms with Crippen molar-refractivity contribution in [2.75, 3.05) is 19.7 Å². The lowest BCUT2D eigenvalue weighted by molar-refractivity contribution is -0.127. The van der Waals surface area contributed by atoms with Crippen molar-refractivity contribution < 1.29 is 22.2 Å². The van der Waals surface area contributed by atoms with E-state index in [9.17, 15) is 17.1 Å². The summed E-state index contributed by atoms with van der Waals surface area (Å²) in [5.74, 6) is -0.334. The lowest BCUT2D eigenvalue weighted by Gasteiger charge is -2.14. The fraction of sp³-hybridized carbons (Fsp3) is 0.875. The van der Waals surface area contributed by atoms with Crippen molar-refractivity contribution in [2.45, 2.75) is 24.5 Å². The second-order valence-electron chi connectivity index (χ2n) is 3.57. The molecule has 1 unspecified atom stereocenters. The number of unbranched alkanes of at least 4 members (excludes halogenated alkanes) is 1. The van der Waals surface area contributed by atoms with E-state index >= 15 is 0 Å². The van der Waals surface area contributed by atoms with E-state index < -0.39 is 15.5 Å². The molecule has 1 rings (SSSR count). The van der Waals surface area contributed by atoms with Crippen molar-refractivity contribution in [3.05, 3.63) is 0 Å². The van der Waals surface area contributed by atoms with Crippen LogP contribution in [0.4, 0.5) is 3.89 Å². The van der Waals surface area contributed by atoms with Crippen LogP contribution in [0.1, 0.15) is 19.3 Å². The molecule has 0 bridgehead atoms. The number of hydrogen-bond donors (Lipinski definition) is 1. The van der Waals surface area contributed by atoms with Gasteiger partial charge in [-0.2, -0.15) is 8.42 Å². The molecule has 0 saturated carbocycles. The first-order chi connectivity index (χ1) is 6.95. The van der Waals surface area contributed by atoms with E-state index in [0.29, 0.717) is 19.4 Å². The fourth-order valence-corrected chi connectivity index (χ4v) is 2.25.